The Morgan fingerprint density at radius 2 is 2.06 bits per heavy atom. The van der Waals surface area contributed by atoms with Gasteiger partial charge in [0, 0.05) is 30.1 Å². The molecule has 1 N–H and O–H groups in total. The standard InChI is InChI=1S/C22H21N3O4S.BrH/c26-15-11-17(19-14-30-22-23-7-9-25(19)22)21-18(12-15)24(20(27)13-29-21)8-4-10-28-16-5-2-1-3-6-16;/h1-3,5-6,11-12,14,26H,4,7-10,13H2;1H. The number of halogens is 1. The first kappa shape index (κ1) is 21.6. The molecule has 3 aliphatic rings. The van der Waals surface area contributed by atoms with Gasteiger partial charge in [0.1, 0.15) is 11.5 Å². The number of para-hydroxylation sites is 1. The second-order valence-electron chi connectivity index (χ2n) is 7.13. The number of anilines is 1. The van der Waals surface area contributed by atoms with Gasteiger partial charge >= 0.3 is 0 Å². The van der Waals surface area contributed by atoms with Gasteiger partial charge in [-0.3, -0.25) is 9.79 Å². The molecule has 9 heteroatoms. The minimum absolute atomic E-state index is 0. The predicted molar refractivity (Wildman–Crippen MR) is 127 cm³/mol. The lowest BCUT2D eigenvalue weighted by atomic mass is 10.1. The number of carbonyl (C=O) groups is 1. The lowest BCUT2D eigenvalue weighted by Gasteiger charge is -2.32. The number of thioether (sulfide) groups is 1. The first-order chi connectivity index (χ1) is 14.7. The Hall–Kier alpha value is -2.65. The van der Waals surface area contributed by atoms with E-state index in [0.29, 0.717) is 31.0 Å². The van der Waals surface area contributed by atoms with Crippen molar-refractivity contribution < 1.29 is 19.4 Å². The largest absolute Gasteiger partial charge is 0.508 e. The van der Waals surface area contributed by atoms with Crippen LogP contribution < -0.4 is 14.4 Å². The summed E-state index contributed by atoms with van der Waals surface area (Å²) in [5.74, 6) is 1.40. The number of benzene rings is 2. The van der Waals surface area contributed by atoms with E-state index in [2.05, 4.69) is 9.89 Å². The van der Waals surface area contributed by atoms with E-state index in [9.17, 15) is 9.90 Å². The molecular weight excluding hydrogens is 482 g/mol. The fourth-order valence-corrected chi connectivity index (χ4v) is 4.75. The molecule has 31 heavy (non-hydrogen) atoms. The maximum atomic E-state index is 12.6. The number of amides is 1. The number of fused-ring (bicyclic) bond motifs is 2. The number of hydrogen-bond donors (Lipinski definition) is 1. The Kier molecular flexibility index (Phi) is 6.43. The minimum Gasteiger partial charge on any atom is -0.508 e. The summed E-state index contributed by atoms with van der Waals surface area (Å²) in [6, 6.07) is 12.9. The van der Waals surface area contributed by atoms with Crippen LogP contribution in [0.4, 0.5) is 5.69 Å². The van der Waals surface area contributed by atoms with E-state index in [4.69, 9.17) is 9.47 Å². The SMILES string of the molecule is Br.O=C1COc2c(C3=CSC4=NCCN34)cc(O)cc2N1CCCOc1ccccc1. The van der Waals surface area contributed by atoms with E-state index in [-0.39, 0.29) is 35.2 Å². The fraction of sp³-hybridized carbons (Fsp3) is 0.273. The Morgan fingerprint density at radius 1 is 1.23 bits per heavy atom. The number of hydrogen-bond acceptors (Lipinski definition) is 7. The van der Waals surface area contributed by atoms with E-state index in [0.717, 1.165) is 35.3 Å². The van der Waals surface area contributed by atoms with Crippen LogP contribution in [0.5, 0.6) is 17.2 Å². The van der Waals surface area contributed by atoms with Crippen molar-refractivity contribution >= 4 is 51.2 Å². The Bertz CT molecular complexity index is 1040. The van der Waals surface area contributed by atoms with E-state index >= 15 is 0 Å². The zero-order chi connectivity index (χ0) is 20.5. The molecule has 0 unspecified atom stereocenters. The number of phenols is 1. The summed E-state index contributed by atoms with van der Waals surface area (Å²) in [6.45, 7) is 2.51. The number of nitrogens with zero attached hydrogens (tertiary/aromatic N) is 3. The maximum absolute atomic E-state index is 12.6. The van der Waals surface area contributed by atoms with Crippen molar-refractivity contribution in [1.29, 1.82) is 0 Å². The highest BCUT2D eigenvalue weighted by molar-refractivity contribution is 8.93. The van der Waals surface area contributed by atoms with Crippen molar-refractivity contribution in [3.05, 3.63) is 53.4 Å². The van der Waals surface area contributed by atoms with E-state index in [1.807, 2.05) is 35.7 Å². The van der Waals surface area contributed by atoms with Crippen LogP contribution in [0, 0.1) is 0 Å². The third-order valence-electron chi connectivity index (χ3n) is 5.17. The molecule has 7 nitrogen and oxygen atoms in total. The van der Waals surface area contributed by atoms with Crippen molar-refractivity contribution in [2.24, 2.45) is 4.99 Å². The summed E-state index contributed by atoms with van der Waals surface area (Å²) in [7, 11) is 0. The van der Waals surface area contributed by atoms with Crippen LogP contribution in [-0.2, 0) is 4.79 Å². The predicted octanol–water partition coefficient (Wildman–Crippen LogP) is 3.88. The molecule has 0 radical (unpaired) electrons. The highest BCUT2D eigenvalue weighted by Gasteiger charge is 2.34. The van der Waals surface area contributed by atoms with Gasteiger partial charge in [-0.1, -0.05) is 30.0 Å². The molecule has 162 valence electrons. The van der Waals surface area contributed by atoms with Gasteiger partial charge < -0.3 is 24.4 Å². The molecular formula is C22H22BrN3O4S. The lowest BCUT2D eigenvalue weighted by molar-refractivity contribution is -0.121. The smallest absolute Gasteiger partial charge is 0.265 e. The summed E-state index contributed by atoms with van der Waals surface area (Å²) < 4.78 is 11.6. The fourth-order valence-electron chi connectivity index (χ4n) is 3.79. The third kappa shape index (κ3) is 4.24. The Labute approximate surface area is 195 Å². The molecule has 0 saturated heterocycles. The number of carbonyl (C=O) groups excluding carboxylic acids is 1. The van der Waals surface area contributed by atoms with Gasteiger partial charge in [0.15, 0.2) is 17.5 Å². The molecule has 0 atom stereocenters. The van der Waals surface area contributed by atoms with Crippen LogP contribution >= 0.6 is 28.7 Å². The van der Waals surface area contributed by atoms with Crippen LogP contribution in [0.3, 0.4) is 0 Å². The molecule has 3 heterocycles. The van der Waals surface area contributed by atoms with Crippen molar-refractivity contribution in [1.82, 2.24) is 4.90 Å². The summed E-state index contributed by atoms with van der Waals surface area (Å²) in [6.07, 6.45) is 0.659. The Balaban J connectivity index is 0.00000231. The second kappa shape index (κ2) is 9.23. The lowest BCUT2D eigenvalue weighted by Crippen LogP contribution is -2.40. The molecule has 0 bridgehead atoms. The van der Waals surface area contributed by atoms with Gasteiger partial charge in [0.05, 0.1) is 24.5 Å². The second-order valence-corrected chi connectivity index (χ2v) is 7.96. The minimum atomic E-state index is -0.128. The number of phenolic OH excluding ortho intramolecular Hbond substituents is 1. The van der Waals surface area contributed by atoms with Crippen molar-refractivity contribution in [2.45, 2.75) is 6.42 Å². The zero-order valence-electron chi connectivity index (χ0n) is 16.7. The van der Waals surface area contributed by atoms with Gasteiger partial charge in [-0.2, -0.15) is 0 Å². The van der Waals surface area contributed by atoms with E-state index < -0.39 is 0 Å². The van der Waals surface area contributed by atoms with Crippen molar-refractivity contribution in [3.8, 4) is 17.2 Å². The Morgan fingerprint density at radius 3 is 2.90 bits per heavy atom. The number of aromatic hydroxyl groups is 1. The van der Waals surface area contributed by atoms with Gasteiger partial charge in [0.25, 0.3) is 5.91 Å². The molecule has 1 amide bonds. The van der Waals surface area contributed by atoms with Crippen LogP contribution in [-0.4, -0.2) is 53.9 Å². The number of amidine groups is 1. The van der Waals surface area contributed by atoms with Crippen LogP contribution in [0.1, 0.15) is 12.0 Å². The molecule has 3 aliphatic heterocycles. The zero-order valence-corrected chi connectivity index (χ0v) is 19.2. The van der Waals surface area contributed by atoms with Crippen LogP contribution in [0.2, 0.25) is 0 Å². The van der Waals surface area contributed by atoms with Gasteiger partial charge in [0.2, 0.25) is 0 Å². The molecule has 5 rings (SSSR count). The summed E-state index contributed by atoms with van der Waals surface area (Å²) in [5.41, 5.74) is 2.32. The van der Waals surface area contributed by atoms with Crippen molar-refractivity contribution in [3.63, 3.8) is 0 Å². The third-order valence-corrected chi connectivity index (χ3v) is 6.07. The van der Waals surface area contributed by atoms with Gasteiger partial charge in [-0.15, -0.1) is 17.0 Å². The highest BCUT2D eigenvalue weighted by atomic mass is 79.9. The van der Waals surface area contributed by atoms with Gasteiger partial charge in [-0.05, 0) is 24.6 Å². The summed E-state index contributed by atoms with van der Waals surface area (Å²) in [4.78, 5) is 20.9. The molecule has 0 saturated carbocycles. The monoisotopic (exact) mass is 503 g/mol. The van der Waals surface area contributed by atoms with E-state index in [1.54, 1.807) is 28.8 Å². The summed E-state index contributed by atoms with van der Waals surface area (Å²) >= 11 is 1.57. The molecule has 2 aromatic carbocycles. The molecule has 0 fully saturated rings. The highest BCUT2D eigenvalue weighted by Crippen LogP contribution is 2.46. The first-order valence-electron chi connectivity index (χ1n) is 9.88. The number of rotatable bonds is 6. The molecule has 0 spiro atoms. The van der Waals surface area contributed by atoms with Crippen LogP contribution in [0.15, 0.2) is 52.9 Å². The average Bonchev–Trinajstić information content (AvgIpc) is 3.36. The van der Waals surface area contributed by atoms with Crippen LogP contribution in [0.25, 0.3) is 5.70 Å². The van der Waals surface area contributed by atoms with Gasteiger partial charge in [-0.25, -0.2) is 0 Å². The summed E-state index contributed by atoms with van der Waals surface area (Å²) in [5, 5.41) is 13.4. The van der Waals surface area contributed by atoms with E-state index in [1.165, 1.54) is 0 Å². The number of aliphatic imine (C=N–C) groups is 1. The van der Waals surface area contributed by atoms with Crippen molar-refractivity contribution in [2.75, 3.05) is 37.7 Å². The quantitative estimate of drug-likeness (QED) is 0.602. The first-order valence-corrected chi connectivity index (χ1v) is 10.8. The average molecular weight is 504 g/mol. The topological polar surface area (TPSA) is 74.6 Å². The normalized spacial score (nSPS) is 16.7. The maximum Gasteiger partial charge on any atom is 0.265 e. The molecule has 2 aromatic rings. The molecule has 0 aromatic heterocycles. The number of ether oxygens (including phenoxy) is 2. The molecule has 0 aliphatic carbocycles.